The highest BCUT2D eigenvalue weighted by molar-refractivity contribution is 5.91. The fourth-order valence-electron chi connectivity index (χ4n) is 10.3. The van der Waals surface area contributed by atoms with Gasteiger partial charge in [0.15, 0.2) is 0 Å². The zero-order valence-electron chi connectivity index (χ0n) is 41.2. The van der Waals surface area contributed by atoms with Gasteiger partial charge in [0, 0.05) is 39.8 Å². The lowest BCUT2D eigenvalue weighted by Gasteiger charge is -2.47. The summed E-state index contributed by atoms with van der Waals surface area (Å²) >= 11 is 0. The zero-order valence-corrected chi connectivity index (χ0v) is 41.2. The van der Waals surface area contributed by atoms with Crippen molar-refractivity contribution in [1.82, 2.24) is 0 Å². The molecule has 0 aromatic heterocycles. The number of benzene rings is 9. The van der Waals surface area contributed by atoms with Gasteiger partial charge in [0.25, 0.3) is 0 Å². The molecule has 1 aliphatic rings. The second-order valence-electron chi connectivity index (χ2n) is 19.3. The molecule has 336 valence electrons. The average molecular weight is 884 g/mol. The maximum absolute atomic E-state index is 2.47. The van der Waals surface area contributed by atoms with Gasteiger partial charge in [0.05, 0.1) is 16.8 Å². The first-order chi connectivity index (χ1) is 32.8. The van der Waals surface area contributed by atoms with E-state index in [0.29, 0.717) is 0 Å². The van der Waals surface area contributed by atoms with Crippen LogP contribution in [-0.2, 0) is 5.41 Å². The van der Waals surface area contributed by atoms with E-state index in [2.05, 4.69) is 272 Å². The Bertz CT molecular complexity index is 3120. The van der Waals surface area contributed by atoms with Crippen LogP contribution >= 0.6 is 0 Å². The summed E-state index contributed by atoms with van der Waals surface area (Å²) in [4.78, 5) is 7.36. The predicted molar refractivity (Wildman–Crippen MR) is 290 cm³/mol. The summed E-state index contributed by atoms with van der Waals surface area (Å²) in [6.07, 6.45) is 0. The monoisotopic (exact) mass is 883 g/mol. The van der Waals surface area contributed by atoms with Crippen molar-refractivity contribution in [2.24, 2.45) is 0 Å². The van der Waals surface area contributed by atoms with Crippen LogP contribution in [0.3, 0.4) is 0 Å². The molecule has 0 radical (unpaired) electrons. The van der Waals surface area contributed by atoms with E-state index in [1.54, 1.807) is 0 Å². The molecule has 9 aromatic carbocycles. The van der Waals surface area contributed by atoms with E-state index < -0.39 is 5.41 Å². The number of anilines is 9. The van der Waals surface area contributed by atoms with Crippen LogP contribution in [0.25, 0.3) is 0 Å². The molecule has 3 nitrogen and oxygen atoms in total. The number of hydrogen-bond donors (Lipinski definition) is 0. The smallest absolute Gasteiger partial charge is 0.0743 e. The van der Waals surface area contributed by atoms with Gasteiger partial charge in [-0.25, -0.2) is 0 Å². The second kappa shape index (κ2) is 17.6. The molecule has 0 amide bonds. The van der Waals surface area contributed by atoms with Crippen LogP contribution in [0.5, 0.6) is 0 Å². The summed E-state index contributed by atoms with van der Waals surface area (Å²) in [5, 5.41) is 0. The molecule has 10 rings (SSSR count). The molecule has 0 spiro atoms. The maximum Gasteiger partial charge on any atom is 0.0743 e. The molecular formula is C65H61N3. The van der Waals surface area contributed by atoms with Gasteiger partial charge in [0.2, 0.25) is 0 Å². The summed E-state index contributed by atoms with van der Waals surface area (Å²) in [6.45, 7) is 22.0. The van der Waals surface area contributed by atoms with Crippen LogP contribution < -0.4 is 14.7 Å². The van der Waals surface area contributed by atoms with Crippen LogP contribution in [0.1, 0.15) is 77.9 Å². The number of rotatable bonds is 9. The Morgan fingerprint density at radius 2 is 0.691 bits per heavy atom. The van der Waals surface area contributed by atoms with Gasteiger partial charge < -0.3 is 14.7 Å². The minimum atomic E-state index is -0.763. The largest absolute Gasteiger partial charge is 0.310 e. The molecule has 1 heterocycles. The van der Waals surface area contributed by atoms with Crippen LogP contribution in [-0.4, -0.2) is 0 Å². The van der Waals surface area contributed by atoms with Gasteiger partial charge in [0.1, 0.15) is 0 Å². The van der Waals surface area contributed by atoms with Crippen LogP contribution in [0.15, 0.2) is 188 Å². The molecule has 3 heteroatoms. The molecule has 0 aliphatic carbocycles. The fourth-order valence-corrected chi connectivity index (χ4v) is 10.3. The summed E-state index contributed by atoms with van der Waals surface area (Å²) in [7, 11) is 0. The van der Waals surface area contributed by atoms with Crippen molar-refractivity contribution in [1.29, 1.82) is 0 Å². The van der Waals surface area contributed by atoms with E-state index in [1.165, 1.54) is 77.9 Å². The highest BCUT2D eigenvalue weighted by Crippen LogP contribution is 2.59. The minimum Gasteiger partial charge on any atom is -0.310 e. The van der Waals surface area contributed by atoms with E-state index in [0.717, 1.165) is 51.2 Å². The Balaban J connectivity index is 1.30. The first-order valence-corrected chi connectivity index (χ1v) is 24.0. The lowest BCUT2D eigenvalue weighted by Crippen LogP contribution is -2.38. The molecular weight excluding hydrogens is 823 g/mol. The van der Waals surface area contributed by atoms with Crippen molar-refractivity contribution in [2.75, 3.05) is 14.7 Å². The van der Waals surface area contributed by atoms with Crippen LogP contribution in [0, 0.1) is 69.2 Å². The van der Waals surface area contributed by atoms with E-state index in [1.807, 2.05) is 0 Å². The van der Waals surface area contributed by atoms with Crippen LogP contribution in [0.4, 0.5) is 51.2 Å². The molecule has 0 saturated carbocycles. The number of fused-ring (bicyclic) bond motifs is 2. The number of hydrogen-bond acceptors (Lipinski definition) is 3. The van der Waals surface area contributed by atoms with Crippen LogP contribution in [0.2, 0.25) is 0 Å². The average Bonchev–Trinajstić information content (AvgIpc) is 3.33. The van der Waals surface area contributed by atoms with Crippen molar-refractivity contribution in [3.05, 3.63) is 266 Å². The third kappa shape index (κ3) is 7.66. The zero-order chi connectivity index (χ0) is 47.4. The summed E-state index contributed by atoms with van der Waals surface area (Å²) in [6, 6.07) is 71.3. The Labute approximate surface area is 404 Å². The van der Waals surface area contributed by atoms with Gasteiger partial charge in [-0.2, -0.15) is 0 Å². The van der Waals surface area contributed by atoms with Crippen molar-refractivity contribution in [3.8, 4) is 0 Å². The molecule has 0 fully saturated rings. The van der Waals surface area contributed by atoms with Crippen molar-refractivity contribution in [3.63, 3.8) is 0 Å². The molecule has 0 atom stereocenters. The topological polar surface area (TPSA) is 9.72 Å². The molecule has 9 aromatic rings. The normalized spacial score (nSPS) is 12.6. The maximum atomic E-state index is 2.47. The lowest BCUT2D eigenvalue weighted by molar-refractivity contribution is 0.730. The van der Waals surface area contributed by atoms with E-state index in [4.69, 9.17) is 0 Å². The number of para-hydroxylation sites is 1. The predicted octanol–water partition coefficient (Wildman–Crippen LogP) is 17.9. The summed E-state index contributed by atoms with van der Waals surface area (Å²) in [5.74, 6) is 0. The van der Waals surface area contributed by atoms with Gasteiger partial charge in [-0.3, -0.25) is 0 Å². The highest BCUT2D eigenvalue weighted by atomic mass is 15.2. The Kier molecular flexibility index (Phi) is 11.4. The third-order valence-electron chi connectivity index (χ3n) is 14.7. The Hall–Kier alpha value is -7.62. The highest BCUT2D eigenvalue weighted by Gasteiger charge is 2.47. The third-order valence-corrected chi connectivity index (χ3v) is 14.7. The first kappa shape index (κ1) is 44.2. The second-order valence-corrected chi connectivity index (χ2v) is 19.3. The summed E-state index contributed by atoms with van der Waals surface area (Å²) in [5.41, 5.74) is 26.9. The molecule has 0 bridgehead atoms. The van der Waals surface area contributed by atoms with Gasteiger partial charge in [-0.15, -0.1) is 0 Å². The molecule has 68 heavy (non-hydrogen) atoms. The van der Waals surface area contributed by atoms with Crippen molar-refractivity contribution in [2.45, 2.75) is 74.7 Å². The van der Waals surface area contributed by atoms with E-state index in [9.17, 15) is 0 Å². The van der Waals surface area contributed by atoms with Crippen molar-refractivity contribution < 1.29 is 0 Å². The lowest BCUT2D eigenvalue weighted by atomic mass is 9.62. The van der Waals surface area contributed by atoms with Gasteiger partial charge in [-0.05, 0) is 233 Å². The number of nitrogens with zero attached hydrogens (tertiary/aromatic N) is 3. The molecule has 0 saturated heterocycles. The SMILES string of the molecule is Cc1ccc(N2c3ccccc3C(c3cccc(N(c4ccc(C)c(C)c4)c4ccc(C)c(C)c4)c3)(c3cccc(N(c4ccc(C)c(C)c4)c4ccc(C)c(C)c4)c3)c3cc(C)ccc32)cc1. The standard InChI is InChI=1S/C65H61N3/c1-42-21-28-54(29-22-42)68-63-20-12-11-19-61(63)65(62-35-43(2)23-34-64(62)68,52-15-13-17-55(40-52)66(57-30-24-44(3)48(7)36-57)58-31-25-45(4)49(8)37-58)53-16-14-18-56(41-53)67(59-32-26-46(5)50(9)38-59)60-33-27-47(6)51(10)39-60/h11-41H,1-10H3. The van der Waals surface area contributed by atoms with Gasteiger partial charge in [-0.1, -0.05) is 102 Å². The fraction of sp³-hybridized carbons (Fsp3) is 0.169. The van der Waals surface area contributed by atoms with E-state index in [-0.39, 0.29) is 0 Å². The van der Waals surface area contributed by atoms with Crippen molar-refractivity contribution >= 4 is 51.2 Å². The summed E-state index contributed by atoms with van der Waals surface area (Å²) < 4.78 is 0. The Morgan fingerprint density at radius 1 is 0.294 bits per heavy atom. The van der Waals surface area contributed by atoms with Gasteiger partial charge >= 0.3 is 0 Å². The van der Waals surface area contributed by atoms with E-state index >= 15 is 0 Å². The molecule has 0 N–H and O–H groups in total. The molecule has 1 aliphatic heterocycles. The minimum absolute atomic E-state index is 0.763. The quantitative estimate of drug-likeness (QED) is 0.143. The number of aryl methyl sites for hydroxylation is 10. The Morgan fingerprint density at radius 3 is 1.13 bits per heavy atom. The molecule has 0 unspecified atom stereocenters. The first-order valence-electron chi connectivity index (χ1n) is 24.0.